The average molecular weight is 252 g/mol. The molecule has 0 fully saturated rings. The number of aromatic nitrogens is 2. The summed E-state index contributed by atoms with van der Waals surface area (Å²) in [4.78, 5) is 4.20. The van der Waals surface area contributed by atoms with Gasteiger partial charge < -0.3 is 9.67 Å². The van der Waals surface area contributed by atoms with Gasteiger partial charge in [0.2, 0.25) is 0 Å². The molecule has 1 aromatic heterocycles. The van der Waals surface area contributed by atoms with Gasteiger partial charge in [0.25, 0.3) is 0 Å². The number of nitrogens with zero attached hydrogens (tertiary/aromatic N) is 2. The Morgan fingerprint density at radius 1 is 1.16 bits per heavy atom. The third-order valence-corrected chi connectivity index (χ3v) is 3.36. The Balaban J connectivity index is 1.93. The molecule has 3 heteroatoms. The van der Waals surface area contributed by atoms with Gasteiger partial charge in [-0.1, -0.05) is 42.5 Å². The quantitative estimate of drug-likeness (QED) is 0.778. The fourth-order valence-electron chi connectivity index (χ4n) is 2.39. The molecule has 0 aliphatic heterocycles. The van der Waals surface area contributed by atoms with Crippen molar-refractivity contribution in [1.29, 1.82) is 0 Å². The van der Waals surface area contributed by atoms with Crippen molar-refractivity contribution in [3.8, 4) is 0 Å². The summed E-state index contributed by atoms with van der Waals surface area (Å²) in [6.45, 7) is 0. The van der Waals surface area contributed by atoms with E-state index in [4.69, 9.17) is 0 Å². The highest BCUT2D eigenvalue weighted by molar-refractivity contribution is 5.85. The molecule has 0 aliphatic carbocycles. The molecule has 96 valence electrons. The number of imidazole rings is 1. The predicted molar refractivity (Wildman–Crippen MR) is 75.8 cm³/mol. The minimum absolute atomic E-state index is 0.563. The molecule has 0 bridgehead atoms. The molecule has 1 unspecified atom stereocenters. The van der Waals surface area contributed by atoms with Crippen LogP contribution in [0.1, 0.15) is 17.4 Å². The van der Waals surface area contributed by atoms with Gasteiger partial charge in [-0.15, -0.1) is 0 Å². The summed E-state index contributed by atoms with van der Waals surface area (Å²) in [5.74, 6) is 0. The third-order valence-electron chi connectivity index (χ3n) is 3.36. The number of hydrogen-bond donors (Lipinski definition) is 1. The van der Waals surface area contributed by atoms with Crippen LogP contribution in [0.4, 0.5) is 0 Å². The smallest absolute Gasteiger partial charge is 0.102 e. The second kappa shape index (κ2) is 4.86. The van der Waals surface area contributed by atoms with Crippen LogP contribution in [0.3, 0.4) is 0 Å². The molecule has 1 heterocycles. The zero-order valence-corrected chi connectivity index (χ0v) is 10.8. The number of hydrogen-bond acceptors (Lipinski definition) is 2. The van der Waals surface area contributed by atoms with Crippen LogP contribution in [0, 0.1) is 0 Å². The number of aliphatic hydroxyl groups is 1. The van der Waals surface area contributed by atoms with Gasteiger partial charge in [-0.3, -0.25) is 0 Å². The number of benzene rings is 2. The number of rotatable bonds is 3. The Labute approximate surface area is 112 Å². The maximum absolute atomic E-state index is 10.3. The van der Waals surface area contributed by atoms with Crippen LogP contribution >= 0.6 is 0 Å². The summed E-state index contributed by atoms with van der Waals surface area (Å²) >= 11 is 0. The van der Waals surface area contributed by atoms with Crippen molar-refractivity contribution < 1.29 is 5.11 Å². The second-order valence-electron chi connectivity index (χ2n) is 4.82. The normalized spacial score (nSPS) is 12.7. The zero-order chi connectivity index (χ0) is 13.2. The molecular weight excluding hydrogens is 236 g/mol. The Morgan fingerprint density at radius 3 is 2.74 bits per heavy atom. The first-order valence-corrected chi connectivity index (χ1v) is 6.36. The summed E-state index contributed by atoms with van der Waals surface area (Å²) < 4.78 is 1.85. The molecule has 0 amide bonds. The highest BCUT2D eigenvalue weighted by atomic mass is 16.3. The molecular formula is C16H16N2O. The summed E-state index contributed by atoms with van der Waals surface area (Å²) in [5.41, 5.74) is 1.87. The summed E-state index contributed by atoms with van der Waals surface area (Å²) in [5, 5.41) is 12.7. The van der Waals surface area contributed by atoms with Crippen molar-refractivity contribution in [3.63, 3.8) is 0 Å². The van der Waals surface area contributed by atoms with Gasteiger partial charge in [0.1, 0.15) is 6.10 Å². The fourth-order valence-corrected chi connectivity index (χ4v) is 2.39. The molecule has 0 spiro atoms. The molecule has 0 saturated heterocycles. The summed E-state index contributed by atoms with van der Waals surface area (Å²) in [7, 11) is 1.90. The van der Waals surface area contributed by atoms with Crippen LogP contribution in [0.25, 0.3) is 10.8 Å². The lowest BCUT2D eigenvalue weighted by atomic mass is 9.99. The van der Waals surface area contributed by atoms with E-state index in [0.717, 1.165) is 11.3 Å². The van der Waals surface area contributed by atoms with Crippen LogP contribution in [0.5, 0.6) is 0 Å². The first-order chi connectivity index (χ1) is 9.24. The molecule has 3 nitrogen and oxygen atoms in total. The van der Waals surface area contributed by atoms with E-state index in [1.165, 1.54) is 10.8 Å². The van der Waals surface area contributed by atoms with Crippen molar-refractivity contribution in [2.24, 2.45) is 7.05 Å². The summed E-state index contributed by atoms with van der Waals surface area (Å²) in [6, 6.07) is 14.4. The van der Waals surface area contributed by atoms with Crippen LogP contribution in [0.15, 0.2) is 55.0 Å². The lowest BCUT2D eigenvalue weighted by Gasteiger charge is -2.10. The molecule has 3 rings (SSSR count). The molecule has 2 aromatic carbocycles. The SMILES string of the molecule is Cn1cnc(C(O)Cc2cccc3ccccc23)c1. The van der Waals surface area contributed by atoms with Crippen molar-refractivity contribution in [2.75, 3.05) is 0 Å². The lowest BCUT2D eigenvalue weighted by molar-refractivity contribution is 0.174. The maximum Gasteiger partial charge on any atom is 0.102 e. The van der Waals surface area contributed by atoms with Crippen molar-refractivity contribution in [3.05, 3.63) is 66.2 Å². The lowest BCUT2D eigenvalue weighted by Crippen LogP contribution is -2.02. The van der Waals surface area contributed by atoms with Gasteiger partial charge in [0.05, 0.1) is 12.0 Å². The van der Waals surface area contributed by atoms with Gasteiger partial charge in [-0.25, -0.2) is 4.98 Å². The molecule has 0 radical (unpaired) electrons. The second-order valence-corrected chi connectivity index (χ2v) is 4.82. The van der Waals surface area contributed by atoms with Crippen molar-refractivity contribution in [1.82, 2.24) is 9.55 Å². The van der Waals surface area contributed by atoms with Gasteiger partial charge in [0, 0.05) is 19.7 Å². The van der Waals surface area contributed by atoms with Crippen LogP contribution in [0.2, 0.25) is 0 Å². The Kier molecular flexibility index (Phi) is 3.05. The highest BCUT2D eigenvalue weighted by Crippen LogP contribution is 2.23. The zero-order valence-electron chi connectivity index (χ0n) is 10.8. The van der Waals surface area contributed by atoms with Crippen LogP contribution in [-0.2, 0) is 13.5 Å². The topological polar surface area (TPSA) is 38.0 Å². The highest BCUT2D eigenvalue weighted by Gasteiger charge is 2.12. The van der Waals surface area contributed by atoms with E-state index < -0.39 is 6.10 Å². The average Bonchev–Trinajstić information content (AvgIpc) is 2.86. The Bertz CT molecular complexity index is 697. The van der Waals surface area contributed by atoms with Gasteiger partial charge >= 0.3 is 0 Å². The van der Waals surface area contributed by atoms with Gasteiger partial charge in [0.15, 0.2) is 0 Å². The van der Waals surface area contributed by atoms with Crippen molar-refractivity contribution >= 4 is 10.8 Å². The third kappa shape index (κ3) is 2.37. The number of fused-ring (bicyclic) bond motifs is 1. The Morgan fingerprint density at radius 2 is 1.95 bits per heavy atom. The van der Waals surface area contributed by atoms with E-state index in [2.05, 4.69) is 29.2 Å². The molecule has 1 atom stereocenters. The van der Waals surface area contributed by atoms with Crippen LogP contribution < -0.4 is 0 Å². The first kappa shape index (κ1) is 11.9. The van der Waals surface area contributed by atoms with E-state index in [9.17, 15) is 5.11 Å². The number of aliphatic hydroxyl groups excluding tert-OH is 1. The van der Waals surface area contributed by atoms with E-state index in [1.807, 2.05) is 36.0 Å². The van der Waals surface area contributed by atoms with Crippen LogP contribution in [-0.4, -0.2) is 14.7 Å². The van der Waals surface area contributed by atoms with Crippen molar-refractivity contribution in [2.45, 2.75) is 12.5 Å². The molecule has 3 aromatic rings. The fraction of sp³-hybridized carbons (Fsp3) is 0.188. The molecule has 0 aliphatic rings. The number of aryl methyl sites for hydroxylation is 1. The maximum atomic E-state index is 10.3. The standard InChI is InChI=1S/C16H16N2O/c1-18-10-15(17-11-18)16(19)9-13-7-4-6-12-5-2-3-8-14(12)13/h2-8,10-11,16,19H,9H2,1H3. The molecule has 1 N–H and O–H groups in total. The molecule has 0 saturated carbocycles. The first-order valence-electron chi connectivity index (χ1n) is 6.36. The largest absolute Gasteiger partial charge is 0.386 e. The van der Waals surface area contributed by atoms with Gasteiger partial charge in [-0.05, 0) is 16.3 Å². The van der Waals surface area contributed by atoms with E-state index >= 15 is 0 Å². The molecule has 19 heavy (non-hydrogen) atoms. The van der Waals surface area contributed by atoms with E-state index in [0.29, 0.717) is 6.42 Å². The van der Waals surface area contributed by atoms with Gasteiger partial charge in [-0.2, -0.15) is 0 Å². The minimum atomic E-state index is -0.563. The van der Waals surface area contributed by atoms with E-state index in [1.54, 1.807) is 6.33 Å². The Hall–Kier alpha value is -2.13. The monoisotopic (exact) mass is 252 g/mol. The van der Waals surface area contributed by atoms with E-state index in [-0.39, 0.29) is 0 Å². The summed E-state index contributed by atoms with van der Waals surface area (Å²) in [6.07, 6.45) is 3.59. The minimum Gasteiger partial charge on any atom is -0.386 e. The predicted octanol–water partition coefficient (Wildman–Crippen LogP) is 2.85.